The van der Waals surface area contributed by atoms with Gasteiger partial charge >= 0.3 is 0 Å². The molecule has 1 saturated heterocycles. The van der Waals surface area contributed by atoms with E-state index in [4.69, 9.17) is 5.73 Å². The number of hydrogen-bond donors (Lipinski definition) is 1. The van der Waals surface area contributed by atoms with E-state index in [-0.39, 0.29) is 11.8 Å². The Kier molecular flexibility index (Phi) is 4.74. The van der Waals surface area contributed by atoms with Crippen molar-refractivity contribution in [1.29, 1.82) is 0 Å². The van der Waals surface area contributed by atoms with Crippen LogP contribution < -0.4 is 5.73 Å². The molecule has 1 aromatic heterocycles. The average Bonchev–Trinajstić information content (AvgIpc) is 2.88. The minimum Gasteiger partial charge on any atom is -0.399 e. The standard InChI is InChI=1S/C18H20N4O2/c19-16-6-4-14(5-7-16)17(23)21-9-2-10-22(12-11-21)18(24)15-3-1-8-20-13-15/h1,3-8,13H,2,9-12,19H2. The molecule has 0 atom stereocenters. The molecule has 0 unspecified atom stereocenters. The molecule has 2 heterocycles. The Morgan fingerprint density at radius 3 is 2.08 bits per heavy atom. The van der Waals surface area contributed by atoms with Crippen LogP contribution in [-0.4, -0.2) is 52.8 Å². The van der Waals surface area contributed by atoms with Gasteiger partial charge in [-0.3, -0.25) is 14.6 Å². The molecule has 2 N–H and O–H groups in total. The molecule has 1 aliphatic rings. The van der Waals surface area contributed by atoms with Gasteiger partial charge in [-0.1, -0.05) is 0 Å². The van der Waals surface area contributed by atoms with Gasteiger partial charge in [0.2, 0.25) is 0 Å². The van der Waals surface area contributed by atoms with Crippen molar-refractivity contribution in [3.05, 3.63) is 59.9 Å². The molecule has 24 heavy (non-hydrogen) atoms. The molecule has 2 amide bonds. The fourth-order valence-electron chi connectivity index (χ4n) is 2.80. The molecule has 0 bridgehead atoms. The highest BCUT2D eigenvalue weighted by atomic mass is 16.2. The first-order chi connectivity index (χ1) is 11.6. The zero-order valence-corrected chi connectivity index (χ0v) is 13.4. The van der Waals surface area contributed by atoms with Crippen LogP contribution in [0.5, 0.6) is 0 Å². The number of carbonyl (C=O) groups is 2. The van der Waals surface area contributed by atoms with E-state index in [1.165, 1.54) is 0 Å². The highest BCUT2D eigenvalue weighted by molar-refractivity contribution is 5.95. The summed E-state index contributed by atoms with van der Waals surface area (Å²) >= 11 is 0. The molecular weight excluding hydrogens is 304 g/mol. The molecule has 6 heteroatoms. The number of carbonyl (C=O) groups excluding carboxylic acids is 2. The Morgan fingerprint density at radius 2 is 1.50 bits per heavy atom. The van der Waals surface area contributed by atoms with Crippen molar-refractivity contribution < 1.29 is 9.59 Å². The summed E-state index contributed by atoms with van der Waals surface area (Å²) in [4.78, 5) is 32.7. The van der Waals surface area contributed by atoms with Crippen molar-refractivity contribution in [2.45, 2.75) is 6.42 Å². The fraction of sp³-hybridized carbons (Fsp3) is 0.278. The molecule has 0 aliphatic carbocycles. The third kappa shape index (κ3) is 3.53. The molecular formula is C18H20N4O2. The average molecular weight is 324 g/mol. The van der Waals surface area contributed by atoms with Crippen LogP contribution in [0, 0.1) is 0 Å². The van der Waals surface area contributed by atoms with Gasteiger partial charge in [0.1, 0.15) is 0 Å². The number of pyridine rings is 1. The van der Waals surface area contributed by atoms with Gasteiger partial charge in [0.05, 0.1) is 5.56 Å². The highest BCUT2D eigenvalue weighted by Crippen LogP contribution is 2.13. The maximum Gasteiger partial charge on any atom is 0.255 e. The second-order valence-corrected chi connectivity index (χ2v) is 5.80. The molecule has 1 aromatic carbocycles. The topological polar surface area (TPSA) is 79.5 Å². The fourth-order valence-corrected chi connectivity index (χ4v) is 2.80. The molecule has 2 aromatic rings. The normalized spacial score (nSPS) is 15.0. The number of nitrogen functional groups attached to an aromatic ring is 1. The Balaban J connectivity index is 1.65. The molecule has 1 aliphatic heterocycles. The lowest BCUT2D eigenvalue weighted by Gasteiger charge is -2.22. The second kappa shape index (κ2) is 7.12. The van der Waals surface area contributed by atoms with Crippen LogP contribution in [-0.2, 0) is 0 Å². The number of nitrogens with zero attached hydrogens (tertiary/aromatic N) is 3. The molecule has 1 fully saturated rings. The molecule has 6 nitrogen and oxygen atoms in total. The summed E-state index contributed by atoms with van der Waals surface area (Å²) in [7, 11) is 0. The van der Waals surface area contributed by atoms with Crippen LogP contribution in [0.2, 0.25) is 0 Å². The van der Waals surface area contributed by atoms with Gasteiger partial charge in [-0.15, -0.1) is 0 Å². The minimum atomic E-state index is -0.0371. The summed E-state index contributed by atoms with van der Waals surface area (Å²) in [5.74, 6) is -0.0597. The van der Waals surface area contributed by atoms with E-state index < -0.39 is 0 Å². The highest BCUT2D eigenvalue weighted by Gasteiger charge is 2.23. The van der Waals surface area contributed by atoms with Crippen LogP contribution in [0.25, 0.3) is 0 Å². The number of amides is 2. The number of aromatic nitrogens is 1. The quantitative estimate of drug-likeness (QED) is 0.852. The van der Waals surface area contributed by atoms with Gasteiger partial charge < -0.3 is 15.5 Å². The van der Waals surface area contributed by atoms with Gasteiger partial charge in [0.15, 0.2) is 0 Å². The number of benzene rings is 1. The van der Waals surface area contributed by atoms with Crippen LogP contribution >= 0.6 is 0 Å². The third-order valence-electron chi connectivity index (χ3n) is 4.14. The maximum atomic E-state index is 12.6. The van der Waals surface area contributed by atoms with Crippen molar-refractivity contribution in [3.8, 4) is 0 Å². The minimum absolute atomic E-state index is 0.0225. The largest absolute Gasteiger partial charge is 0.399 e. The summed E-state index contributed by atoms with van der Waals surface area (Å²) in [6, 6.07) is 10.4. The first-order valence-electron chi connectivity index (χ1n) is 7.99. The molecule has 0 saturated carbocycles. The van der Waals surface area contributed by atoms with E-state index in [0.717, 1.165) is 6.42 Å². The summed E-state index contributed by atoms with van der Waals surface area (Å²) in [5, 5.41) is 0. The Morgan fingerprint density at radius 1 is 0.875 bits per heavy atom. The predicted molar refractivity (Wildman–Crippen MR) is 91.5 cm³/mol. The molecule has 124 valence electrons. The van der Waals surface area contributed by atoms with Crippen molar-refractivity contribution in [1.82, 2.24) is 14.8 Å². The predicted octanol–water partition coefficient (Wildman–Crippen LogP) is 1.65. The monoisotopic (exact) mass is 324 g/mol. The first-order valence-corrected chi connectivity index (χ1v) is 7.99. The number of nitrogens with two attached hydrogens (primary N) is 1. The third-order valence-corrected chi connectivity index (χ3v) is 4.14. The van der Waals surface area contributed by atoms with Gasteiger partial charge in [0.25, 0.3) is 11.8 Å². The van der Waals surface area contributed by atoms with E-state index in [0.29, 0.717) is 43.0 Å². The van der Waals surface area contributed by atoms with Crippen LogP contribution in [0.4, 0.5) is 5.69 Å². The van der Waals surface area contributed by atoms with Gasteiger partial charge in [0, 0.05) is 49.8 Å². The molecule has 0 spiro atoms. The lowest BCUT2D eigenvalue weighted by Crippen LogP contribution is -2.37. The van der Waals surface area contributed by atoms with Gasteiger partial charge in [-0.2, -0.15) is 0 Å². The maximum absolute atomic E-state index is 12.6. The number of rotatable bonds is 2. The SMILES string of the molecule is Nc1ccc(C(=O)N2CCCN(C(=O)c3cccnc3)CC2)cc1. The second-order valence-electron chi connectivity index (χ2n) is 5.80. The van der Waals surface area contributed by atoms with E-state index in [9.17, 15) is 9.59 Å². The van der Waals surface area contributed by atoms with Crippen LogP contribution in [0.1, 0.15) is 27.1 Å². The lowest BCUT2D eigenvalue weighted by molar-refractivity contribution is 0.0718. The smallest absolute Gasteiger partial charge is 0.255 e. The van der Waals surface area contributed by atoms with Crippen molar-refractivity contribution >= 4 is 17.5 Å². The number of anilines is 1. The van der Waals surface area contributed by atoms with Crippen molar-refractivity contribution in [2.75, 3.05) is 31.9 Å². The van der Waals surface area contributed by atoms with Gasteiger partial charge in [-0.25, -0.2) is 0 Å². The number of hydrogen-bond acceptors (Lipinski definition) is 4. The summed E-state index contributed by atoms with van der Waals surface area (Å²) in [6.07, 6.45) is 3.98. The van der Waals surface area contributed by atoms with Crippen molar-refractivity contribution in [3.63, 3.8) is 0 Å². The molecule has 3 rings (SSSR count). The Bertz CT molecular complexity index is 716. The zero-order chi connectivity index (χ0) is 16.9. The zero-order valence-electron chi connectivity index (χ0n) is 13.4. The van der Waals surface area contributed by atoms with E-state index in [1.54, 1.807) is 58.6 Å². The summed E-state index contributed by atoms with van der Waals surface area (Å²) in [6.45, 7) is 2.32. The Labute approximate surface area is 140 Å². The van der Waals surface area contributed by atoms with E-state index in [1.807, 2.05) is 0 Å². The summed E-state index contributed by atoms with van der Waals surface area (Å²) < 4.78 is 0. The van der Waals surface area contributed by atoms with E-state index in [2.05, 4.69) is 4.98 Å². The van der Waals surface area contributed by atoms with Gasteiger partial charge in [-0.05, 0) is 42.8 Å². The molecule has 0 radical (unpaired) electrons. The van der Waals surface area contributed by atoms with Crippen LogP contribution in [0.15, 0.2) is 48.8 Å². The van der Waals surface area contributed by atoms with E-state index >= 15 is 0 Å². The van der Waals surface area contributed by atoms with Crippen LogP contribution in [0.3, 0.4) is 0 Å². The first kappa shape index (κ1) is 16.0. The lowest BCUT2D eigenvalue weighted by atomic mass is 10.2. The Hall–Kier alpha value is -2.89. The summed E-state index contributed by atoms with van der Waals surface area (Å²) in [5.41, 5.74) is 7.50. The van der Waals surface area contributed by atoms with Crippen molar-refractivity contribution in [2.24, 2.45) is 0 Å².